The van der Waals surface area contributed by atoms with Crippen LogP contribution in [0, 0.1) is 11.8 Å². The summed E-state index contributed by atoms with van der Waals surface area (Å²) in [6.07, 6.45) is 7.46. The molecule has 0 bridgehead atoms. The molecule has 1 N–H and O–H groups in total. The first-order valence-electron chi connectivity index (χ1n) is 4.67. The van der Waals surface area contributed by atoms with Crippen LogP contribution < -0.4 is 5.32 Å². The zero-order chi connectivity index (χ0) is 6.81. The van der Waals surface area contributed by atoms with Crippen molar-refractivity contribution < 1.29 is 0 Å². The van der Waals surface area contributed by atoms with E-state index in [0.29, 0.717) is 0 Å². The van der Waals surface area contributed by atoms with Gasteiger partial charge in [-0.1, -0.05) is 19.3 Å². The van der Waals surface area contributed by atoms with Crippen molar-refractivity contribution >= 4 is 12.4 Å². The second-order valence-corrected chi connectivity index (χ2v) is 3.80. The van der Waals surface area contributed by atoms with Crippen LogP contribution in [0.2, 0.25) is 0 Å². The Morgan fingerprint density at radius 3 is 2.09 bits per heavy atom. The Morgan fingerprint density at radius 1 is 0.909 bits per heavy atom. The zero-order valence-corrected chi connectivity index (χ0v) is 7.83. The summed E-state index contributed by atoms with van der Waals surface area (Å²) in [6.45, 7) is 2.58. The molecule has 1 atom stereocenters. The minimum Gasteiger partial charge on any atom is -0.316 e. The average molecular weight is 176 g/mol. The van der Waals surface area contributed by atoms with E-state index >= 15 is 0 Å². The average Bonchev–Trinajstić information content (AvgIpc) is 1.86. The summed E-state index contributed by atoms with van der Waals surface area (Å²) in [4.78, 5) is 0. The normalized spacial score (nSPS) is 32.2. The molecule has 2 rings (SSSR count). The van der Waals surface area contributed by atoms with Gasteiger partial charge in [-0.2, -0.15) is 0 Å². The van der Waals surface area contributed by atoms with Crippen LogP contribution in [0.5, 0.6) is 0 Å². The van der Waals surface area contributed by atoms with Crippen molar-refractivity contribution in [3.8, 4) is 0 Å². The minimum absolute atomic E-state index is 0. The molecule has 1 aliphatic carbocycles. The third kappa shape index (κ3) is 2.09. The molecule has 0 aromatic rings. The fourth-order valence-corrected chi connectivity index (χ4v) is 2.19. The second kappa shape index (κ2) is 4.32. The highest BCUT2D eigenvalue weighted by atomic mass is 35.5. The van der Waals surface area contributed by atoms with Gasteiger partial charge >= 0.3 is 0 Å². The van der Waals surface area contributed by atoms with Crippen molar-refractivity contribution in [2.24, 2.45) is 11.8 Å². The molecule has 1 saturated carbocycles. The van der Waals surface area contributed by atoms with Crippen molar-refractivity contribution in [1.29, 1.82) is 0 Å². The Hall–Kier alpha value is 0.250. The maximum Gasteiger partial charge on any atom is -0.00179 e. The Labute approximate surface area is 75.4 Å². The van der Waals surface area contributed by atoms with E-state index in [1.165, 1.54) is 45.2 Å². The van der Waals surface area contributed by atoms with Crippen LogP contribution in [0.15, 0.2) is 0 Å². The van der Waals surface area contributed by atoms with Crippen LogP contribution in [-0.4, -0.2) is 13.1 Å². The van der Waals surface area contributed by atoms with E-state index in [4.69, 9.17) is 0 Å². The highest BCUT2D eigenvalue weighted by Gasteiger charge is 2.27. The van der Waals surface area contributed by atoms with E-state index < -0.39 is 0 Å². The maximum atomic E-state index is 3.48. The molecule has 2 fully saturated rings. The third-order valence-corrected chi connectivity index (χ3v) is 3.15. The van der Waals surface area contributed by atoms with E-state index in [1.807, 2.05) is 0 Å². The summed E-state index contributed by atoms with van der Waals surface area (Å²) in [5.41, 5.74) is 0. The molecule has 1 saturated heterocycles. The monoisotopic (exact) mass is 175 g/mol. The molecule has 0 spiro atoms. The van der Waals surface area contributed by atoms with Gasteiger partial charge in [0, 0.05) is 0 Å². The van der Waals surface area contributed by atoms with Gasteiger partial charge in [0.2, 0.25) is 0 Å². The summed E-state index contributed by atoms with van der Waals surface area (Å²) in [5, 5.41) is 3.48. The molecule has 0 aromatic heterocycles. The Balaban J connectivity index is 0.000000605. The van der Waals surface area contributed by atoms with E-state index in [2.05, 4.69) is 5.32 Å². The van der Waals surface area contributed by atoms with Gasteiger partial charge in [0.1, 0.15) is 0 Å². The fourth-order valence-electron chi connectivity index (χ4n) is 2.19. The first-order chi connectivity index (χ1) is 4.97. The number of rotatable bonds is 1. The van der Waals surface area contributed by atoms with Crippen LogP contribution in [0.3, 0.4) is 0 Å². The smallest absolute Gasteiger partial charge is 0.00179 e. The van der Waals surface area contributed by atoms with Crippen LogP contribution >= 0.6 is 12.4 Å². The summed E-state index contributed by atoms with van der Waals surface area (Å²) in [7, 11) is 0. The van der Waals surface area contributed by atoms with Gasteiger partial charge in [0.05, 0.1) is 0 Å². The number of nitrogens with one attached hydrogen (secondary N) is 1. The number of hydrogen-bond acceptors (Lipinski definition) is 1. The highest BCUT2D eigenvalue weighted by molar-refractivity contribution is 5.85. The lowest BCUT2D eigenvalue weighted by atomic mass is 9.73. The summed E-state index contributed by atoms with van der Waals surface area (Å²) < 4.78 is 0. The van der Waals surface area contributed by atoms with Gasteiger partial charge in [-0.25, -0.2) is 0 Å². The number of piperidine rings is 1. The predicted molar refractivity (Wildman–Crippen MR) is 50.2 cm³/mol. The fraction of sp³-hybridized carbons (Fsp3) is 1.00. The largest absolute Gasteiger partial charge is 0.316 e. The topological polar surface area (TPSA) is 12.0 Å². The van der Waals surface area contributed by atoms with Crippen molar-refractivity contribution in [3.63, 3.8) is 0 Å². The molecule has 0 amide bonds. The van der Waals surface area contributed by atoms with E-state index in [9.17, 15) is 0 Å². The van der Waals surface area contributed by atoms with Gasteiger partial charge in [-0.15, -0.1) is 12.4 Å². The Kier molecular flexibility index (Phi) is 3.67. The minimum atomic E-state index is 0. The van der Waals surface area contributed by atoms with Crippen molar-refractivity contribution in [1.82, 2.24) is 5.32 Å². The molecule has 1 heterocycles. The quantitative estimate of drug-likeness (QED) is 0.645. The van der Waals surface area contributed by atoms with Gasteiger partial charge in [-0.05, 0) is 37.8 Å². The summed E-state index contributed by atoms with van der Waals surface area (Å²) in [5.74, 6) is 2.15. The van der Waals surface area contributed by atoms with Gasteiger partial charge in [0.25, 0.3) is 0 Å². The Morgan fingerprint density at radius 2 is 1.64 bits per heavy atom. The molecule has 2 aliphatic rings. The molecular weight excluding hydrogens is 158 g/mol. The van der Waals surface area contributed by atoms with Gasteiger partial charge in [-0.3, -0.25) is 0 Å². The molecule has 66 valence electrons. The van der Waals surface area contributed by atoms with Crippen molar-refractivity contribution in [2.45, 2.75) is 32.1 Å². The highest BCUT2D eigenvalue weighted by Crippen LogP contribution is 2.36. The lowest BCUT2D eigenvalue weighted by molar-refractivity contribution is 0.173. The maximum absolute atomic E-state index is 3.48. The van der Waals surface area contributed by atoms with Crippen LogP contribution in [-0.2, 0) is 0 Å². The first kappa shape index (κ1) is 9.34. The number of hydrogen-bond donors (Lipinski definition) is 1. The van der Waals surface area contributed by atoms with Crippen LogP contribution in [0.25, 0.3) is 0 Å². The molecule has 2 heteroatoms. The molecule has 0 radical (unpaired) electrons. The third-order valence-electron chi connectivity index (χ3n) is 3.15. The summed E-state index contributed by atoms with van der Waals surface area (Å²) >= 11 is 0. The van der Waals surface area contributed by atoms with Gasteiger partial charge < -0.3 is 5.32 Å². The molecule has 1 nitrogen and oxygen atoms in total. The number of halogens is 1. The van der Waals surface area contributed by atoms with Crippen molar-refractivity contribution in [2.75, 3.05) is 13.1 Å². The first-order valence-corrected chi connectivity index (χ1v) is 4.67. The SMILES string of the molecule is C1CC(C2CCCNC2)C1.Cl. The molecule has 1 aliphatic heterocycles. The Bertz CT molecular complexity index is 106. The van der Waals surface area contributed by atoms with E-state index in [-0.39, 0.29) is 12.4 Å². The molecule has 0 aromatic carbocycles. The van der Waals surface area contributed by atoms with Gasteiger partial charge in [0.15, 0.2) is 0 Å². The van der Waals surface area contributed by atoms with Crippen LogP contribution in [0.4, 0.5) is 0 Å². The van der Waals surface area contributed by atoms with Crippen LogP contribution in [0.1, 0.15) is 32.1 Å². The molecular formula is C9H18ClN. The lowest BCUT2D eigenvalue weighted by Gasteiger charge is -2.36. The summed E-state index contributed by atoms with van der Waals surface area (Å²) in [6, 6.07) is 0. The second-order valence-electron chi connectivity index (χ2n) is 3.80. The van der Waals surface area contributed by atoms with E-state index in [1.54, 1.807) is 0 Å². The molecule has 11 heavy (non-hydrogen) atoms. The standard InChI is InChI=1S/C9H17N.ClH/c1-3-8(4-1)9-5-2-6-10-7-9;/h8-10H,1-7H2;1H. The lowest BCUT2D eigenvalue weighted by Crippen LogP contribution is -2.36. The van der Waals surface area contributed by atoms with E-state index in [0.717, 1.165) is 11.8 Å². The molecule has 1 unspecified atom stereocenters. The van der Waals surface area contributed by atoms with Crippen molar-refractivity contribution in [3.05, 3.63) is 0 Å². The zero-order valence-electron chi connectivity index (χ0n) is 7.01. The predicted octanol–water partition coefficient (Wildman–Crippen LogP) is 2.21.